The molecule has 0 aliphatic heterocycles. The van der Waals surface area contributed by atoms with Crippen molar-refractivity contribution in [3.05, 3.63) is 36.5 Å². The SMILES string of the molecule is C=CC1=CC=C/C(=[P+](\[O-])O)C1. The van der Waals surface area contributed by atoms with Crippen LogP contribution in [0.15, 0.2) is 36.5 Å². The summed E-state index contributed by atoms with van der Waals surface area (Å²) >= 11 is 0. The molecular weight excluding hydrogens is 159 g/mol. The molecule has 1 aliphatic rings. The summed E-state index contributed by atoms with van der Waals surface area (Å²) in [6, 6.07) is 0. The highest BCUT2D eigenvalue weighted by Crippen LogP contribution is 2.18. The molecule has 1 unspecified atom stereocenters. The van der Waals surface area contributed by atoms with Crippen LogP contribution in [-0.2, 0) is 0 Å². The summed E-state index contributed by atoms with van der Waals surface area (Å²) in [5.41, 5.74) is 0.986. The Kier molecular flexibility index (Phi) is 2.77. The van der Waals surface area contributed by atoms with Crippen molar-refractivity contribution in [2.75, 3.05) is 0 Å². The van der Waals surface area contributed by atoms with E-state index in [-0.39, 0.29) is 0 Å². The highest BCUT2D eigenvalue weighted by atomic mass is 31.1. The van der Waals surface area contributed by atoms with Crippen molar-refractivity contribution in [1.29, 1.82) is 0 Å². The van der Waals surface area contributed by atoms with Gasteiger partial charge in [0.15, 0.2) is 5.29 Å². The van der Waals surface area contributed by atoms with E-state index >= 15 is 0 Å². The first-order valence-corrected chi connectivity index (χ1v) is 4.47. The molecule has 0 spiro atoms. The summed E-state index contributed by atoms with van der Waals surface area (Å²) in [5.74, 6) is 0. The Morgan fingerprint density at radius 1 is 1.73 bits per heavy atom. The van der Waals surface area contributed by atoms with Gasteiger partial charge in [-0.25, -0.2) is 0 Å². The van der Waals surface area contributed by atoms with Crippen LogP contribution in [-0.4, -0.2) is 10.2 Å². The second-order valence-electron chi connectivity index (χ2n) is 2.25. The van der Waals surface area contributed by atoms with Gasteiger partial charge in [0, 0.05) is 6.42 Å². The van der Waals surface area contributed by atoms with Crippen molar-refractivity contribution in [2.45, 2.75) is 6.42 Å². The minimum atomic E-state index is -2.16. The van der Waals surface area contributed by atoms with E-state index in [0.29, 0.717) is 11.7 Å². The number of allylic oxidation sites excluding steroid dienone is 5. The lowest BCUT2D eigenvalue weighted by atomic mass is 10.1. The first kappa shape index (κ1) is 8.41. The molecule has 0 amide bonds. The molecule has 0 saturated heterocycles. The maximum absolute atomic E-state index is 10.6. The molecule has 1 atom stereocenters. The fourth-order valence-corrected chi connectivity index (χ4v) is 1.41. The lowest BCUT2D eigenvalue weighted by molar-refractivity contribution is -0.167. The van der Waals surface area contributed by atoms with Gasteiger partial charge in [0.2, 0.25) is 8.00 Å². The number of rotatable bonds is 1. The molecule has 11 heavy (non-hydrogen) atoms. The van der Waals surface area contributed by atoms with Crippen LogP contribution in [0.5, 0.6) is 0 Å². The first-order chi connectivity index (χ1) is 5.24. The summed E-state index contributed by atoms with van der Waals surface area (Å²) < 4.78 is 0. The van der Waals surface area contributed by atoms with Crippen LogP contribution in [0.3, 0.4) is 0 Å². The molecule has 0 aromatic rings. The Bertz CT molecular complexity index is 257. The fourth-order valence-electron chi connectivity index (χ4n) is 0.881. The van der Waals surface area contributed by atoms with Crippen LogP contribution < -0.4 is 4.89 Å². The zero-order valence-electron chi connectivity index (χ0n) is 6.03. The van der Waals surface area contributed by atoms with E-state index in [4.69, 9.17) is 4.89 Å². The molecule has 0 heterocycles. The van der Waals surface area contributed by atoms with Gasteiger partial charge in [-0.2, -0.15) is 4.89 Å². The Morgan fingerprint density at radius 3 is 3.00 bits per heavy atom. The number of hydrogen-bond acceptors (Lipinski definition) is 2. The van der Waals surface area contributed by atoms with E-state index in [9.17, 15) is 4.89 Å². The zero-order chi connectivity index (χ0) is 8.27. The predicted molar refractivity (Wildman–Crippen MR) is 46.2 cm³/mol. The molecule has 1 aliphatic carbocycles. The van der Waals surface area contributed by atoms with E-state index in [1.165, 1.54) is 0 Å². The summed E-state index contributed by atoms with van der Waals surface area (Å²) in [5, 5.41) is 0.567. The topological polar surface area (TPSA) is 43.3 Å². The van der Waals surface area contributed by atoms with Crippen LogP contribution in [0.2, 0.25) is 0 Å². The van der Waals surface area contributed by atoms with Crippen molar-refractivity contribution in [3.63, 3.8) is 0 Å². The van der Waals surface area contributed by atoms with Crippen molar-refractivity contribution < 1.29 is 9.79 Å². The Labute approximate surface area is 66.7 Å². The van der Waals surface area contributed by atoms with Crippen LogP contribution in [0.4, 0.5) is 0 Å². The minimum absolute atomic E-state index is 0.547. The van der Waals surface area contributed by atoms with Crippen molar-refractivity contribution >= 4 is 13.3 Å². The third kappa shape index (κ3) is 2.12. The third-order valence-corrected chi connectivity index (χ3v) is 2.29. The third-order valence-electron chi connectivity index (χ3n) is 1.49. The highest BCUT2D eigenvalue weighted by Gasteiger charge is 2.09. The van der Waals surface area contributed by atoms with Crippen LogP contribution in [0, 0.1) is 0 Å². The van der Waals surface area contributed by atoms with E-state index in [1.54, 1.807) is 18.2 Å². The maximum Gasteiger partial charge on any atom is 0.221 e. The molecule has 1 rings (SSSR count). The van der Waals surface area contributed by atoms with Gasteiger partial charge in [-0.15, -0.1) is 0 Å². The molecule has 0 fully saturated rings. The summed E-state index contributed by atoms with van der Waals surface area (Å²) in [4.78, 5) is 19.4. The zero-order valence-corrected chi connectivity index (χ0v) is 6.92. The largest absolute Gasteiger partial charge is 0.603 e. The molecule has 2 nitrogen and oxygen atoms in total. The summed E-state index contributed by atoms with van der Waals surface area (Å²) in [6.07, 6.45) is 7.56. The summed E-state index contributed by atoms with van der Waals surface area (Å²) in [6.45, 7) is 3.59. The molecule has 3 heteroatoms. The molecule has 0 saturated carbocycles. The van der Waals surface area contributed by atoms with Gasteiger partial charge in [-0.05, 0) is 11.6 Å². The maximum atomic E-state index is 10.6. The standard InChI is InChI=1S/C8H9O2P/c1-2-7-4-3-5-8(6-7)11(9)10/h2-5H,1,6H2,(H,9,10). The summed E-state index contributed by atoms with van der Waals surface area (Å²) in [7, 11) is -2.16. The Morgan fingerprint density at radius 2 is 2.45 bits per heavy atom. The van der Waals surface area contributed by atoms with E-state index in [2.05, 4.69) is 6.58 Å². The molecule has 0 aromatic carbocycles. The second-order valence-corrected chi connectivity index (χ2v) is 3.37. The van der Waals surface area contributed by atoms with Crippen molar-refractivity contribution in [3.8, 4) is 0 Å². The second kappa shape index (κ2) is 3.63. The molecule has 0 bridgehead atoms. The normalized spacial score (nSPS) is 21.1. The van der Waals surface area contributed by atoms with E-state index < -0.39 is 8.00 Å². The average Bonchev–Trinajstić information content (AvgIpc) is 2.05. The van der Waals surface area contributed by atoms with Gasteiger partial charge >= 0.3 is 0 Å². The van der Waals surface area contributed by atoms with Gasteiger partial charge in [0.05, 0.1) is 0 Å². The number of hydrogen-bond donors (Lipinski definition) is 1. The van der Waals surface area contributed by atoms with Gasteiger partial charge in [-0.1, -0.05) is 24.8 Å². The van der Waals surface area contributed by atoms with Crippen LogP contribution >= 0.6 is 8.00 Å². The molecule has 0 radical (unpaired) electrons. The van der Waals surface area contributed by atoms with Crippen molar-refractivity contribution in [2.24, 2.45) is 0 Å². The Hall–Kier alpha value is -0.690. The lowest BCUT2D eigenvalue weighted by Crippen LogP contribution is -2.02. The van der Waals surface area contributed by atoms with Gasteiger partial charge in [0.25, 0.3) is 0 Å². The van der Waals surface area contributed by atoms with E-state index in [0.717, 1.165) is 5.57 Å². The average molecular weight is 168 g/mol. The molecule has 58 valence electrons. The van der Waals surface area contributed by atoms with Gasteiger partial charge in [0.1, 0.15) is 0 Å². The fraction of sp³-hybridized carbons (Fsp3) is 0.125. The van der Waals surface area contributed by atoms with Crippen LogP contribution in [0.25, 0.3) is 0 Å². The van der Waals surface area contributed by atoms with Gasteiger partial charge < -0.3 is 4.89 Å². The minimum Gasteiger partial charge on any atom is -0.603 e. The smallest absolute Gasteiger partial charge is 0.221 e. The molecule has 1 N–H and O–H groups in total. The van der Waals surface area contributed by atoms with Crippen molar-refractivity contribution in [1.82, 2.24) is 0 Å². The molecular formula is C8H9O2P. The monoisotopic (exact) mass is 168 g/mol. The lowest BCUT2D eigenvalue weighted by Gasteiger charge is -2.03. The highest BCUT2D eigenvalue weighted by molar-refractivity contribution is 7.46. The first-order valence-electron chi connectivity index (χ1n) is 3.25. The Balaban J connectivity index is 2.86. The van der Waals surface area contributed by atoms with Crippen LogP contribution in [0.1, 0.15) is 6.42 Å². The van der Waals surface area contributed by atoms with Gasteiger partial charge in [-0.3, -0.25) is 0 Å². The molecule has 0 aromatic heterocycles. The quantitative estimate of drug-likeness (QED) is 0.591. The predicted octanol–water partition coefficient (Wildman–Crippen LogP) is 0.896. The van der Waals surface area contributed by atoms with E-state index in [1.807, 2.05) is 6.08 Å².